The molecule has 0 saturated heterocycles. The van der Waals surface area contributed by atoms with E-state index in [4.69, 9.17) is 0 Å². The predicted molar refractivity (Wildman–Crippen MR) is 78.7 cm³/mol. The van der Waals surface area contributed by atoms with Crippen molar-refractivity contribution in [3.8, 4) is 0 Å². The van der Waals surface area contributed by atoms with Crippen LogP contribution in [0.1, 0.15) is 5.56 Å². The smallest absolute Gasteiger partial charge is 0.273 e. The van der Waals surface area contributed by atoms with Crippen LogP contribution in [0, 0.1) is 10.1 Å². The summed E-state index contributed by atoms with van der Waals surface area (Å²) in [4.78, 5) is 12.1. The van der Waals surface area contributed by atoms with Gasteiger partial charge in [0, 0.05) is 42.5 Å². The van der Waals surface area contributed by atoms with Gasteiger partial charge >= 0.3 is 0 Å². The number of hydrogen-bond acceptors (Lipinski definition) is 5. The molecule has 0 heterocycles. The summed E-state index contributed by atoms with van der Waals surface area (Å²) >= 11 is 3.21. The van der Waals surface area contributed by atoms with Gasteiger partial charge in [0.1, 0.15) is 9.84 Å². The first-order valence-electron chi connectivity index (χ1n) is 5.46. The molecule has 0 aromatic heterocycles. The molecule has 0 amide bonds. The highest BCUT2D eigenvalue weighted by Gasteiger charge is 2.15. The van der Waals surface area contributed by atoms with E-state index in [9.17, 15) is 18.5 Å². The molecule has 0 radical (unpaired) electrons. The number of rotatable bonds is 6. The van der Waals surface area contributed by atoms with Crippen LogP contribution in [-0.4, -0.2) is 38.9 Å². The van der Waals surface area contributed by atoms with Crippen molar-refractivity contribution in [2.24, 2.45) is 0 Å². The number of nitrogens with zero attached hydrogens (tertiary/aromatic N) is 2. The van der Waals surface area contributed by atoms with E-state index in [1.807, 2.05) is 0 Å². The maximum absolute atomic E-state index is 11.1. The Morgan fingerprint density at radius 1 is 1.42 bits per heavy atom. The van der Waals surface area contributed by atoms with Gasteiger partial charge in [-0.05, 0) is 12.1 Å². The minimum Gasteiger partial charge on any atom is -0.374 e. The summed E-state index contributed by atoms with van der Waals surface area (Å²) in [5, 5.41) is 11.2. The molecule has 1 aromatic rings. The van der Waals surface area contributed by atoms with Crippen LogP contribution in [0.15, 0.2) is 18.2 Å². The summed E-state index contributed by atoms with van der Waals surface area (Å²) in [6, 6.07) is 4.74. The monoisotopic (exact) mass is 350 g/mol. The second-order valence-electron chi connectivity index (χ2n) is 4.26. The molecule has 0 unspecified atom stereocenters. The van der Waals surface area contributed by atoms with Crippen molar-refractivity contribution in [3.63, 3.8) is 0 Å². The van der Waals surface area contributed by atoms with E-state index in [0.717, 1.165) is 5.69 Å². The number of nitro benzene ring substituents is 1. The first-order chi connectivity index (χ1) is 8.74. The second kappa shape index (κ2) is 6.33. The zero-order valence-electron chi connectivity index (χ0n) is 10.7. The number of hydrogen-bond donors (Lipinski definition) is 0. The number of anilines is 1. The van der Waals surface area contributed by atoms with Crippen LogP contribution in [-0.2, 0) is 15.2 Å². The third kappa shape index (κ3) is 4.79. The minimum atomic E-state index is -3.02. The predicted octanol–water partition coefficient (Wildman–Crippen LogP) is 1.97. The van der Waals surface area contributed by atoms with E-state index in [1.54, 1.807) is 24.1 Å². The van der Waals surface area contributed by atoms with E-state index in [-0.39, 0.29) is 11.4 Å². The van der Waals surface area contributed by atoms with E-state index >= 15 is 0 Å². The van der Waals surface area contributed by atoms with Gasteiger partial charge in [0.25, 0.3) is 5.69 Å². The molecule has 0 spiro atoms. The fourth-order valence-electron chi connectivity index (χ4n) is 1.53. The van der Waals surface area contributed by atoms with Gasteiger partial charge in [-0.3, -0.25) is 10.1 Å². The molecule has 1 aromatic carbocycles. The largest absolute Gasteiger partial charge is 0.374 e. The highest BCUT2D eigenvalue weighted by molar-refractivity contribution is 9.08. The summed E-state index contributed by atoms with van der Waals surface area (Å²) in [5.74, 6) is 0.0458. The fourth-order valence-corrected chi connectivity index (χ4v) is 2.58. The van der Waals surface area contributed by atoms with Gasteiger partial charge in [0.05, 0.1) is 10.7 Å². The van der Waals surface area contributed by atoms with Crippen LogP contribution in [0.25, 0.3) is 0 Å². The quantitative estimate of drug-likeness (QED) is 0.445. The molecule has 0 atom stereocenters. The van der Waals surface area contributed by atoms with Gasteiger partial charge < -0.3 is 4.90 Å². The first kappa shape index (κ1) is 15.9. The lowest BCUT2D eigenvalue weighted by Gasteiger charge is -2.19. The summed E-state index contributed by atoms with van der Waals surface area (Å²) in [7, 11) is -1.27. The first-order valence-corrected chi connectivity index (χ1v) is 8.65. The molecule has 0 aliphatic rings. The number of nitro groups is 1. The maximum atomic E-state index is 11.1. The number of benzene rings is 1. The molecule has 0 aliphatic carbocycles. The van der Waals surface area contributed by atoms with Crippen LogP contribution in [0.4, 0.5) is 11.4 Å². The Morgan fingerprint density at radius 2 is 2.05 bits per heavy atom. The van der Waals surface area contributed by atoms with Gasteiger partial charge in [-0.25, -0.2) is 8.42 Å². The Balaban J connectivity index is 2.93. The van der Waals surface area contributed by atoms with Gasteiger partial charge in [0.2, 0.25) is 0 Å². The lowest BCUT2D eigenvalue weighted by Crippen LogP contribution is -2.24. The highest BCUT2D eigenvalue weighted by Crippen LogP contribution is 2.26. The topological polar surface area (TPSA) is 80.5 Å². The van der Waals surface area contributed by atoms with Crippen LogP contribution < -0.4 is 4.90 Å². The van der Waals surface area contributed by atoms with E-state index in [1.165, 1.54) is 12.3 Å². The molecule has 0 fully saturated rings. The summed E-state index contributed by atoms with van der Waals surface area (Å²) in [5.41, 5.74) is 1.37. The second-order valence-corrected chi connectivity index (χ2v) is 7.08. The van der Waals surface area contributed by atoms with Gasteiger partial charge in [-0.2, -0.15) is 0 Å². The Kier molecular flexibility index (Phi) is 5.30. The molecular formula is C11H15BrN2O4S. The van der Waals surface area contributed by atoms with Crippen LogP contribution in [0.2, 0.25) is 0 Å². The van der Waals surface area contributed by atoms with E-state index in [0.29, 0.717) is 17.4 Å². The van der Waals surface area contributed by atoms with Crippen molar-refractivity contribution in [1.29, 1.82) is 0 Å². The standard InChI is InChI=1S/C11H15BrN2O4S/c1-13(5-6-19(2,17)18)10-3-4-11(14(15)16)9(7-10)8-12/h3-4,7H,5-6,8H2,1-2H3. The highest BCUT2D eigenvalue weighted by atomic mass is 79.9. The van der Waals surface area contributed by atoms with Crippen LogP contribution in [0.5, 0.6) is 0 Å². The molecule has 0 bridgehead atoms. The maximum Gasteiger partial charge on any atom is 0.273 e. The molecule has 0 saturated carbocycles. The van der Waals surface area contributed by atoms with Crippen molar-refractivity contribution in [1.82, 2.24) is 0 Å². The normalized spacial score (nSPS) is 11.3. The molecule has 0 N–H and O–H groups in total. The summed E-state index contributed by atoms with van der Waals surface area (Å²) in [6.07, 6.45) is 1.18. The Labute approximate surface area is 120 Å². The SMILES string of the molecule is CN(CCS(C)(=O)=O)c1ccc([N+](=O)[O-])c(CBr)c1. The fraction of sp³-hybridized carbons (Fsp3) is 0.455. The van der Waals surface area contributed by atoms with Gasteiger partial charge in [-0.1, -0.05) is 15.9 Å². The molecule has 0 aliphatic heterocycles. The molecule has 19 heavy (non-hydrogen) atoms. The van der Waals surface area contributed by atoms with E-state index < -0.39 is 14.8 Å². The lowest BCUT2D eigenvalue weighted by molar-refractivity contribution is -0.385. The lowest BCUT2D eigenvalue weighted by atomic mass is 10.1. The Morgan fingerprint density at radius 3 is 2.53 bits per heavy atom. The average Bonchev–Trinajstić information content (AvgIpc) is 2.34. The minimum absolute atomic E-state index is 0.0458. The van der Waals surface area contributed by atoms with Crippen molar-refractivity contribution in [2.75, 3.05) is 30.5 Å². The third-order valence-electron chi connectivity index (χ3n) is 2.64. The zero-order chi connectivity index (χ0) is 14.6. The number of halogens is 1. The summed E-state index contributed by atoms with van der Waals surface area (Å²) < 4.78 is 22.2. The Hall–Kier alpha value is -1.15. The third-order valence-corrected chi connectivity index (χ3v) is 4.17. The molecular weight excluding hydrogens is 336 g/mol. The van der Waals surface area contributed by atoms with Crippen molar-refractivity contribution in [3.05, 3.63) is 33.9 Å². The number of alkyl halides is 1. The van der Waals surface area contributed by atoms with Gasteiger partial charge in [-0.15, -0.1) is 0 Å². The number of sulfone groups is 1. The van der Waals surface area contributed by atoms with Crippen LogP contribution in [0.3, 0.4) is 0 Å². The zero-order valence-corrected chi connectivity index (χ0v) is 13.1. The van der Waals surface area contributed by atoms with Crippen molar-refractivity contribution in [2.45, 2.75) is 5.33 Å². The van der Waals surface area contributed by atoms with Crippen LogP contribution >= 0.6 is 15.9 Å². The average molecular weight is 351 g/mol. The van der Waals surface area contributed by atoms with Crippen molar-refractivity contribution < 1.29 is 13.3 Å². The van der Waals surface area contributed by atoms with Gasteiger partial charge in [0.15, 0.2) is 0 Å². The molecule has 106 valence electrons. The Bertz CT molecular complexity index is 574. The van der Waals surface area contributed by atoms with E-state index in [2.05, 4.69) is 15.9 Å². The summed E-state index contributed by atoms with van der Waals surface area (Å²) in [6.45, 7) is 0.346. The molecule has 6 nitrogen and oxygen atoms in total. The van der Waals surface area contributed by atoms with Crippen molar-refractivity contribution >= 4 is 37.1 Å². The molecule has 1 rings (SSSR count). The molecule has 8 heteroatoms.